The van der Waals surface area contributed by atoms with Crippen LogP contribution in [-0.4, -0.2) is 24.0 Å². The van der Waals surface area contributed by atoms with Gasteiger partial charge in [-0.3, -0.25) is 4.99 Å². The van der Waals surface area contributed by atoms with E-state index >= 15 is 0 Å². The number of benzene rings is 1. The SMILES string of the molecule is CC(CO)N=Cc1ccccc1. The molecule has 1 atom stereocenters. The summed E-state index contributed by atoms with van der Waals surface area (Å²) in [5, 5.41) is 8.70. The van der Waals surface area contributed by atoms with Gasteiger partial charge in [-0.05, 0) is 12.5 Å². The van der Waals surface area contributed by atoms with Gasteiger partial charge in [0, 0.05) is 6.21 Å². The Kier molecular flexibility index (Phi) is 3.48. The molecule has 64 valence electrons. The largest absolute Gasteiger partial charge is 0.394 e. The first kappa shape index (κ1) is 8.94. The minimum absolute atomic E-state index is 0.00907. The Hall–Kier alpha value is -1.15. The third kappa shape index (κ3) is 2.84. The summed E-state index contributed by atoms with van der Waals surface area (Å²) in [4.78, 5) is 4.14. The first-order chi connectivity index (χ1) is 5.83. The van der Waals surface area contributed by atoms with Crippen molar-refractivity contribution in [2.45, 2.75) is 13.0 Å². The summed E-state index contributed by atoms with van der Waals surface area (Å²) in [5.74, 6) is 0. The highest BCUT2D eigenvalue weighted by Crippen LogP contribution is 1.95. The highest BCUT2D eigenvalue weighted by Gasteiger charge is 1.91. The molecule has 0 bridgehead atoms. The molecular formula is C10H13NO. The maximum atomic E-state index is 8.70. The molecule has 0 aromatic heterocycles. The van der Waals surface area contributed by atoms with Gasteiger partial charge in [-0.25, -0.2) is 0 Å². The van der Waals surface area contributed by atoms with Crippen LogP contribution >= 0.6 is 0 Å². The Balaban J connectivity index is 2.58. The van der Waals surface area contributed by atoms with Gasteiger partial charge in [-0.15, -0.1) is 0 Å². The zero-order valence-corrected chi connectivity index (χ0v) is 7.14. The number of rotatable bonds is 3. The van der Waals surface area contributed by atoms with Gasteiger partial charge >= 0.3 is 0 Å². The summed E-state index contributed by atoms with van der Waals surface area (Å²) < 4.78 is 0. The van der Waals surface area contributed by atoms with E-state index in [4.69, 9.17) is 5.11 Å². The summed E-state index contributed by atoms with van der Waals surface area (Å²) >= 11 is 0. The predicted octanol–water partition coefficient (Wildman–Crippen LogP) is 1.49. The quantitative estimate of drug-likeness (QED) is 0.673. The fourth-order valence-electron chi connectivity index (χ4n) is 0.800. The van der Waals surface area contributed by atoms with E-state index in [1.54, 1.807) is 6.21 Å². The molecule has 0 aliphatic carbocycles. The van der Waals surface area contributed by atoms with Crippen molar-refractivity contribution in [1.29, 1.82) is 0 Å². The fraction of sp³-hybridized carbons (Fsp3) is 0.300. The van der Waals surface area contributed by atoms with Crippen LogP contribution in [0.25, 0.3) is 0 Å². The van der Waals surface area contributed by atoms with E-state index in [0.717, 1.165) is 5.56 Å². The van der Waals surface area contributed by atoms with Crippen LogP contribution in [0.2, 0.25) is 0 Å². The summed E-state index contributed by atoms with van der Waals surface area (Å²) in [5.41, 5.74) is 1.07. The minimum Gasteiger partial charge on any atom is -0.394 e. The van der Waals surface area contributed by atoms with Crippen LogP contribution in [0.5, 0.6) is 0 Å². The molecule has 1 rings (SSSR count). The number of aliphatic hydroxyl groups is 1. The molecule has 1 N–H and O–H groups in total. The van der Waals surface area contributed by atoms with Crippen molar-refractivity contribution in [3.63, 3.8) is 0 Å². The van der Waals surface area contributed by atoms with Gasteiger partial charge in [0.2, 0.25) is 0 Å². The van der Waals surface area contributed by atoms with Crippen molar-refractivity contribution in [2.75, 3.05) is 6.61 Å². The van der Waals surface area contributed by atoms with Crippen LogP contribution in [0.4, 0.5) is 0 Å². The second-order valence-electron chi connectivity index (χ2n) is 2.72. The Morgan fingerprint density at radius 2 is 2.08 bits per heavy atom. The molecule has 2 nitrogen and oxygen atoms in total. The maximum Gasteiger partial charge on any atom is 0.0702 e. The monoisotopic (exact) mass is 163 g/mol. The van der Waals surface area contributed by atoms with E-state index in [1.807, 2.05) is 37.3 Å². The van der Waals surface area contributed by atoms with Gasteiger partial charge in [0.15, 0.2) is 0 Å². The van der Waals surface area contributed by atoms with Crippen LogP contribution in [0.1, 0.15) is 12.5 Å². The highest BCUT2D eigenvalue weighted by atomic mass is 16.3. The molecule has 12 heavy (non-hydrogen) atoms. The van der Waals surface area contributed by atoms with Crippen molar-refractivity contribution in [1.82, 2.24) is 0 Å². The van der Waals surface area contributed by atoms with Crippen LogP contribution < -0.4 is 0 Å². The molecule has 1 unspecified atom stereocenters. The van der Waals surface area contributed by atoms with Gasteiger partial charge < -0.3 is 5.11 Å². The van der Waals surface area contributed by atoms with Crippen molar-refractivity contribution >= 4 is 6.21 Å². The number of aliphatic imine (C=N–C) groups is 1. The highest BCUT2D eigenvalue weighted by molar-refractivity contribution is 5.79. The van der Waals surface area contributed by atoms with E-state index in [2.05, 4.69) is 4.99 Å². The van der Waals surface area contributed by atoms with Crippen LogP contribution in [0, 0.1) is 0 Å². The Morgan fingerprint density at radius 1 is 1.42 bits per heavy atom. The average molecular weight is 163 g/mol. The normalized spacial score (nSPS) is 13.5. The van der Waals surface area contributed by atoms with E-state index < -0.39 is 0 Å². The molecule has 0 aliphatic rings. The van der Waals surface area contributed by atoms with Crippen molar-refractivity contribution < 1.29 is 5.11 Å². The van der Waals surface area contributed by atoms with Crippen LogP contribution in [-0.2, 0) is 0 Å². The van der Waals surface area contributed by atoms with Crippen molar-refractivity contribution in [3.05, 3.63) is 35.9 Å². The van der Waals surface area contributed by atoms with Gasteiger partial charge in [0.05, 0.1) is 12.6 Å². The molecule has 0 amide bonds. The zero-order chi connectivity index (χ0) is 8.81. The van der Waals surface area contributed by atoms with E-state index in [9.17, 15) is 0 Å². The number of aliphatic hydroxyl groups excluding tert-OH is 1. The lowest BCUT2D eigenvalue weighted by Gasteiger charge is -1.98. The maximum absolute atomic E-state index is 8.70. The molecular weight excluding hydrogens is 150 g/mol. The first-order valence-corrected chi connectivity index (χ1v) is 4.02. The van der Waals surface area contributed by atoms with Gasteiger partial charge in [-0.1, -0.05) is 30.3 Å². The minimum atomic E-state index is -0.00907. The number of hydrogen-bond donors (Lipinski definition) is 1. The van der Waals surface area contributed by atoms with Gasteiger partial charge in [-0.2, -0.15) is 0 Å². The predicted molar refractivity (Wildman–Crippen MR) is 50.6 cm³/mol. The Bertz CT molecular complexity index is 243. The lowest BCUT2D eigenvalue weighted by Crippen LogP contribution is -2.03. The second kappa shape index (κ2) is 4.67. The first-order valence-electron chi connectivity index (χ1n) is 4.02. The molecule has 1 aromatic rings. The van der Waals surface area contributed by atoms with E-state index in [0.29, 0.717) is 0 Å². The Morgan fingerprint density at radius 3 is 2.67 bits per heavy atom. The molecule has 0 heterocycles. The number of nitrogens with zero attached hydrogens (tertiary/aromatic N) is 1. The molecule has 0 fully saturated rings. The molecule has 0 radical (unpaired) electrons. The summed E-state index contributed by atoms with van der Waals surface area (Å²) in [6.07, 6.45) is 1.78. The molecule has 0 spiro atoms. The van der Waals surface area contributed by atoms with Crippen LogP contribution in [0.3, 0.4) is 0 Å². The van der Waals surface area contributed by atoms with Crippen LogP contribution in [0.15, 0.2) is 35.3 Å². The summed E-state index contributed by atoms with van der Waals surface area (Å²) in [6, 6.07) is 9.84. The topological polar surface area (TPSA) is 32.6 Å². The fourth-order valence-corrected chi connectivity index (χ4v) is 0.800. The number of hydrogen-bond acceptors (Lipinski definition) is 2. The molecule has 0 saturated carbocycles. The van der Waals surface area contributed by atoms with E-state index in [-0.39, 0.29) is 12.6 Å². The van der Waals surface area contributed by atoms with Gasteiger partial charge in [0.1, 0.15) is 0 Å². The Labute approximate surface area is 72.6 Å². The third-order valence-corrected chi connectivity index (χ3v) is 1.54. The van der Waals surface area contributed by atoms with Crippen molar-refractivity contribution in [2.24, 2.45) is 4.99 Å². The second-order valence-corrected chi connectivity index (χ2v) is 2.72. The lowest BCUT2D eigenvalue weighted by atomic mass is 10.2. The lowest BCUT2D eigenvalue weighted by molar-refractivity contribution is 0.275. The van der Waals surface area contributed by atoms with Crippen molar-refractivity contribution in [3.8, 4) is 0 Å². The standard InChI is InChI=1S/C10H13NO/c1-9(8-12)11-7-10-5-3-2-4-6-10/h2-7,9,12H,8H2,1H3. The molecule has 1 aromatic carbocycles. The summed E-state index contributed by atoms with van der Waals surface area (Å²) in [7, 11) is 0. The van der Waals surface area contributed by atoms with Gasteiger partial charge in [0.25, 0.3) is 0 Å². The smallest absolute Gasteiger partial charge is 0.0702 e. The van der Waals surface area contributed by atoms with E-state index in [1.165, 1.54) is 0 Å². The molecule has 0 aliphatic heterocycles. The third-order valence-electron chi connectivity index (χ3n) is 1.54. The summed E-state index contributed by atoms with van der Waals surface area (Å²) in [6.45, 7) is 1.97. The molecule has 0 saturated heterocycles. The zero-order valence-electron chi connectivity index (χ0n) is 7.14. The average Bonchev–Trinajstić information content (AvgIpc) is 2.16. The molecule has 2 heteroatoms.